The Morgan fingerprint density at radius 3 is 2.11 bits per heavy atom. The number of rotatable bonds is 3. The van der Waals surface area contributed by atoms with E-state index in [0.717, 1.165) is 0 Å². The largest absolute Gasteiger partial charge is 0.573 e. The van der Waals surface area contributed by atoms with Crippen molar-refractivity contribution in [2.45, 2.75) is 19.5 Å². The molecule has 1 rings (SSSR count). The monoisotopic (exact) mass is 400 g/mol. The number of halogens is 7. The molecule has 1 aromatic carbocycles. The van der Waals surface area contributed by atoms with E-state index >= 15 is 0 Å². The number of ether oxygens (including phenoxy) is 2. The Labute approximate surface area is 117 Å². The highest BCUT2D eigenvalue weighted by Crippen LogP contribution is 2.42. The van der Waals surface area contributed by atoms with Crippen LogP contribution in [0.25, 0.3) is 0 Å². The Morgan fingerprint density at radius 2 is 1.68 bits per heavy atom. The van der Waals surface area contributed by atoms with Gasteiger partial charge < -0.3 is 9.47 Å². The molecule has 0 heterocycles. The van der Waals surface area contributed by atoms with Crippen molar-refractivity contribution in [1.29, 1.82) is 0 Å². The zero-order valence-corrected chi connectivity index (χ0v) is 11.5. The van der Waals surface area contributed by atoms with E-state index in [4.69, 9.17) is 4.74 Å². The third-order valence-electron chi connectivity index (χ3n) is 1.84. The van der Waals surface area contributed by atoms with E-state index in [9.17, 15) is 26.3 Å². The Hall–Kier alpha value is -0.870. The molecule has 0 bridgehead atoms. The van der Waals surface area contributed by atoms with Crippen molar-refractivity contribution in [3.05, 3.63) is 21.3 Å². The van der Waals surface area contributed by atoms with Gasteiger partial charge in [-0.25, -0.2) is 0 Å². The maximum absolute atomic E-state index is 12.8. The molecule has 0 spiro atoms. The predicted octanol–water partition coefficient (Wildman–Crippen LogP) is 4.61. The fourth-order valence-electron chi connectivity index (χ4n) is 1.29. The van der Waals surface area contributed by atoms with Crippen molar-refractivity contribution in [3.63, 3.8) is 0 Å². The first-order valence-electron chi connectivity index (χ1n) is 4.84. The molecule has 0 unspecified atom stereocenters. The minimum Gasteiger partial charge on any atom is -0.493 e. The predicted molar refractivity (Wildman–Crippen MR) is 62.0 cm³/mol. The average molecular weight is 400 g/mol. The molecule has 0 N–H and O–H groups in total. The smallest absolute Gasteiger partial charge is 0.493 e. The van der Waals surface area contributed by atoms with Gasteiger partial charge in [0, 0.05) is 9.64 Å². The number of hydrogen-bond donors (Lipinski definition) is 0. The Morgan fingerprint density at radius 1 is 1.11 bits per heavy atom. The van der Waals surface area contributed by atoms with E-state index < -0.39 is 33.2 Å². The molecule has 0 aliphatic carbocycles. The van der Waals surface area contributed by atoms with Crippen molar-refractivity contribution in [1.82, 2.24) is 0 Å². The summed E-state index contributed by atoms with van der Waals surface area (Å²) in [4.78, 5) is 0. The molecular formula is C10H7F6IO2. The molecule has 0 amide bonds. The second kappa shape index (κ2) is 5.63. The fourth-order valence-corrected chi connectivity index (χ4v) is 2.17. The quantitative estimate of drug-likeness (QED) is 0.545. The van der Waals surface area contributed by atoms with Gasteiger partial charge in [0.25, 0.3) is 0 Å². The molecule has 108 valence electrons. The second-order valence-electron chi connectivity index (χ2n) is 3.26. The van der Waals surface area contributed by atoms with E-state index in [1.165, 1.54) is 29.5 Å². The van der Waals surface area contributed by atoms with Crippen LogP contribution in [0.5, 0.6) is 11.5 Å². The highest BCUT2D eigenvalue weighted by atomic mass is 127. The second-order valence-corrected chi connectivity index (χ2v) is 4.42. The third-order valence-corrected chi connectivity index (χ3v) is 2.70. The minimum atomic E-state index is -4.98. The van der Waals surface area contributed by atoms with Crippen LogP contribution in [0, 0.1) is 3.57 Å². The number of alkyl halides is 6. The molecule has 0 fully saturated rings. The van der Waals surface area contributed by atoms with Gasteiger partial charge in [-0.2, -0.15) is 13.2 Å². The van der Waals surface area contributed by atoms with E-state index in [0.29, 0.717) is 12.1 Å². The minimum absolute atomic E-state index is 0.116. The van der Waals surface area contributed by atoms with Crippen LogP contribution >= 0.6 is 22.6 Å². The van der Waals surface area contributed by atoms with Crippen molar-refractivity contribution in [2.24, 2.45) is 0 Å². The molecule has 0 saturated heterocycles. The summed E-state index contributed by atoms with van der Waals surface area (Å²) in [5.74, 6) is -1.45. The van der Waals surface area contributed by atoms with Gasteiger partial charge in [0.05, 0.1) is 6.61 Å². The van der Waals surface area contributed by atoms with Crippen LogP contribution in [-0.2, 0) is 6.18 Å². The standard InChI is InChI=1S/C10H7F6IO2/c1-2-18-7-4-5(19-10(14,15)16)3-6(17)8(7)9(11,12)13/h3-4H,2H2,1H3. The number of hydrogen-bond acceptors (Lipinski definition) is 2. The molecule has 9 heteroatoms. The summed E-state index contributed by atoms with van der Waals surface area (Å²) in [5.41, 5.74) is -1.12. The van der Waals surface area contributed by atoms with Crippen LogP contribution in [0.3, 0.4) is 0 Å². The first-order chi connectivity index (χ1) is 8.54. The average Bonchev–Trinajstić information content (AvgIpc) is 2.11. The van der Waals surface area contributed by atoms with Crippen LogP contribution in [0.15, 0.2) is 12.1 Å². The lowest BCUT2D eigenvalue weighted by Crippen LogP contribution is -2.18. The SMILES string of the molecule is CCOc1cc(OC(F)(F)F)cc(I)c1C(F)(F)F. The summed E-state index contributed by atoms with van der Waals surface area (Å²) in [6, 6.07) is 1.22. The lowest BCUT2D eigenvalue weighted by atomic mass is 10.2. The topological polar surface area (TPSA) is 18.5 Å². The maximum Gasteiger partial charge on any atom is 0.573 e. The lowest BCUT2D eigenvalue weighted by Gasteiger charge is -2.17. The summed E-state index contributed by atoms with van der Waals surface area (Å²) < 4.78 is 82.3. The van der Waals surface area contributed by atoms with Gasteiger partial charge in [-0.3, -0.25) is 0 Å². The maximum atomic E-state index is 12.8. The zero-order chi connectivity index (χ0) is 14.8. The molecule has 0 aromatic heterocycles. The van der Waals surface area contributed by atoms with Crippen LogP contribution in [0.4, 0.5) is 26.3 Å². The summed E-state index contributed by atoms with van der Waals surface area (Å²) in [5, 5.41) is 0. The molecule has 0 aliphatic rings. The van der Waals surface area contributed by atoms with Crippen LogP contribution < -0.4 is 9.47 Å². The van der Waals surface area contributed by atoms with E-state index in [-0.39, 0.29) is 6.61 Å². The lowest BCUT2D eigenvalue weighted by molar-refractivity contribution is -0.274. The highest BCUT2D eigenvalue weighted by molar-refractivity contribution is 14.1. The zero-order valence-electron chi connectivity index (χ0n) is 9.32. The van der Waals surface area contributed by atoms with E-state index in [1.54, 1.807) is 0 Å². The molecule has 1 aromatic rings. The van der Waals surface area contributed by atoms with Crippen LogP contribution in [0.1, 0.15) is 12.5 Å². The molecule has 0 radical (unpaired) electrons. The van der Waals surface area contributed by atoms with Crippen molar-refractivity contribution < 1.29 is 35.8 Å². The Balaban J connectivity index is 3.29. The summed E-state index contributed by atoms with van der Waals surface area (Å²) in [6.07, 6.45) is -9.70. The van der Waals surface area contributed by atoms with Gasteiger partial charge in [0.15, 0.2) is 0 Å². The van der Waals surface area contributed by atoms with Crippen molar-refractivity contribution in [2.75, 3.05) is 6.61 Å². The summed E-state index contributed by atoms with van der Waals surface area (Å²) in [7, 11) is 0. The van der Waals surface area contributed by atoms with E-state index in [2.05, 4.69) is 4.74 Å². The summed E-state index contributed by atoms with van der Waals surface area (Å²) in [6.45, 7) is 1.30. The Bertz CT molecular complexity index is 455. The fraction of sp³-hybridized carbons (Fsp3) is 0.400. The normalized spacial score (nSPS) is 12.4. The summed E-state index contributed by atoms with van der Waals surface area (Å²) >= 11 is 1.28. The van der Waals surface area contributed by atoms with E-state index in [1.807, 2.05) is 0 Å². The van der Waals surface area contributed by atoms with Gasteiger partial charge in [0.2, 0.25) is 0 Å². The van der Waals surface area contributed by atoms with Crippen LogP contribution in [-0.4, -0.2) is 13.0 Å². The van der Waals surface area contributed by atoms with Gasteiger partial charge in [-0.05, 0) is 35.6 Å². The van der Waals surface area contributed by atoms with Gasteiger partial charge in [-0.1, -0.05) is 0 Å². The van der Waals surface area contributed by atoms with Crippen LogP contribution in [0.2, 0.25) is 0 Å². The first kappa shape index (κ1) is 16.2. The molecular weight excluding hydrogens is 393 g/mol. The van der Waals surface area contributed by atoms with Gasteiger partial charge in [-0.15, -0.1) is 13.2 Å². The van der Waals surface area contributed by atoms with Crippen molar-refractivity contribution in [3.8, 4) is 11.5 Å². The molecule has 2 nitrogen and oxygen atoms in total. The van der Waals surface area contributed by atoms with Gasteiger partial charge in [0.1, 0.15) is 17.1 Å². The van der Waals surface area contributed by atoms with Crippen molar-refractivity contribution >= 4 is 22.6 Å². The number of benzene rings is 1. The first-order valence-corrected chi connectivity index (χ1v) is 5.91. The molecule has 0 aliphatic heterocycles. The molecule has 0 atom stereocenters. The van der Waals surface area contributed by atoms with Gasteiger partial charge >= 0.3 is 12.5 Å². The Kier molecular flexibility index (Phi) is 4.80. The highest BCUT2D eigenvalue weighted by Gasteiger charge is 2.38. The third kappa shape index (κ3) is 4.62. The molecule has 0 saturated carbocycles. The molecule has 19 heavy (non-hydrogen) atoms.